The molecule has 3 atom stereocenters. The molecular weight excluding hydrogens is 422 g/mol. The largest absolute Gasteiger partial charge is 0.544 e. The van der Waals surface area contributed by atoms with Gasteiger partial charge in [-0.25, -0.2) is 9.59 Å². The fourth-order valence-corrected chi connectivity index (χ4v) is 5.26. The van der Waals surface area contributed by atoms with Gasteiger partial charge in [0.1, 0.15) is 6.04 Å². The van der Waals surface area contributed by atoms with E-state index in [0.29, 0.717) is 6.42 Å². The molecule has 0 aromatic heterocycles. The van der Waals surface area contributed by atoms with Gasteiger partial charge in [0.05, 0.1) is 12.5 Å². The first kappa shape index (κ1) is 31.1. The van der Waals surface area contributed by atoms with Crippen LogP contribution in [-0.2, 0) is 14.4 Å². The molecule has 0 saturated heterocycles. The molecule has 0 saturated carbocycles. The zero-order chi connectivity index (χ0) is 25.3. The Hall–Kier alpha value is -1.89. The van der Waals surface area contributed by atoms with Gasteiger partial charge in [-0.15, -0.1) is 0 Å². The van der Waals surface area contributed by atoms with Crippen molar-refractivity contribution >= 4 is 17.9 Å². The molecule has 192 valence electrons. The number of rotatable bonds is 21. The van der Waals surface area contributed by atoms with E-state index in [2.05, 4.69) is 19.1 Å². The van der Waals surface area contributed by atoms with E-state index < -0.39 is 40.5 Å². The van der Waals surface area contributed by atoms with Crippen LogP contribution in [0.4, 0.5) is 0 Å². The third-order valence-electron chi connectivity index (χ3n) is 6.81. The van der Waals surface area contributed by atoms with Crippen molar-refractivity contribution in [1.82, 2.24) is 0 Å². The highest BCUT2D eigenvalue weighted by Gasteiger charge is 2.53. The van der Waals surface area contributed by atoms with Gasteiger partial charge >= 0.3 is 11.9 Å². The Balaban J connectivity index is 5.18. The maximum absolute atomic E-state index is 12.2. The van der Waals surface area contributed by atoms with Crippen LogP contribution in [0.3, 0.4) is 0 Å². The second kappa shape index (κ2) is 17.6. The van der Waals surface area contributed by atoms with E-state index in [4.69, 9.17) is 0 Å². The minimum atomic E-state index is -1.37. The average molecular weight is 470 g/mol. The number of allylic oxidation sites excluding steroid dienone is 2. The lowest BCUT2D eigenvalue weighted by molar-refractivity contribution is -0.974. The van der Waals surface area contributed by atoms with Crippen molar-refractivity contribution in [2.24, 2.45) is 0 Å². The van der Waals surface area contributed by atoms with Gasteiger partial charge in [-0.2, -0.15) is 0 Å². The van der Waals surface area contributed by atoms with Gasteiger partial charge in [-0.3, -0.25) is 4.48 Å². The second-order valence-corrected chi connectivity index (χ2v) is 8.98. The smallest absolute Gasteiger partial charge is 0.362 e. The SMILES string of the molecule is CC/C=C/CCCCCCCCCC[N+](C(CC)C(=O)[O-])(C(CC)C(=O)O)C(CC)C(=O)O. The Morgan fingerprint density at radius 2 is 1.12 bits per heavy atom. The molecular formula is C26H47NO6. The minimum absolute atomic E-state index is 0.128. The van der Waals surface area contributed by atoms with Crippen molar-refractivity contribution in [3.05, 3.63) is 12.2 Å². The van der Waals surface area contributed by atoms with E-state index in [0.717, 1.165) is 38.5 Å². The molecule has 0 aliphatic heterocycles. The molecule has 0 aromatic rings. The van der Waals surface area contributed by atoms with E-state index in [1.165, 1.54) is 19.3 Å². The molecule has 7 nitrogen and oxygen atoms in total. The molecule has 0 spiro atoms. The Kier molecular flexibility index (Phi) is 16.6. The summed E-state index contributed by atoms with van der Waals surface area (Å²) >= 11 is 0. The molecule has 0 fully saturated rings. The summed E-state index contributed by atoms with van der Waals surface area (Å²) in [6.45, 7) is 7.37. The average Bonchev–Trinajstić information content (AvgIpc) is 2.75. The van der Waals surface area contributed by atoms with Gasteiger partial charge in [-0.1, -0.05) is 72.0 Å². The maximum atomic E-state index is 12.2. The fourth-order valence-electron chi connectivity index (χ4n) is 5.26. The van der Waals surface area contributed by atoms with Crippen LogP contribution in [0.5, 0.6) is 0 Å². The van der Waals surface area contributed by atoms with Gasteiger partial charge in [0.2, 0.25) is 0 Å². The number of carbonyl (C=O) groups is 3. The zero-order valence-electron chi connectivity index (χ0n) is 21.3. The number of hydrogen-bond acceptors (Lipinski definition) is 4. The molecule has 0 amide bonds. The lowest BCUT2D eigenvalue weighted by Crippen LogP contribution is -2.73. The van der Waals surface area contributed by atoms with Crippen molar-refractivity contribution < 1.29 is 34.2 Å². The van der Waals surface area contributed by atoms with Gasteiger partial charge < -0.3 is 20.1 Å². The molecule has 0 aliphatic carbocycles. The monoisotopic (exact) mass is 469 g/mol. The zero-order valence-corrected chi connectivity index (χ0v) is 21.3. The summed E-state index contributed by atoms with van der Waals surface area (Å²) in [7, 11) is 0. The van der Waals surface area contributed by atoms with Gasteiger partial charge in [0.25, 0.3) is 0 Å². The molecule has 33 heavy (non-hydrogen) atoms. The Morgan fingerprint density at radius 1 is 0.697 bits per heavy atom. The van der Waals surface area contributed by atoms with Crippen LogP contribution in [0.2, 0.25) is 0 Å². The van der Waals surface area contributed by atoms with Gasteiger partial charge in [0.15, 0.2) is 12.1 Å². The quantitative estimate of drug-likeness (QED) is 0.145. The molecule has 0 aromatic carbocycles. The normalized spacial score (nSPS) is 16.2. The van der Waals surface area contributed by atoms with E-state index in [9.17, 15) is 29.7 Å². The molecule has 3 unspecified atom stereocenters. The number of carboxylic acid groups (broad SMARTS) is 3. The number of aliphatic carboxylic acids is 3. The lowest BCUT2D eigenvalue weighted by atomic mass is 9.93. The van der Waals surface area contributed by atoms with Crippen molar-refractivity contribution in [1.29, 1.82) is 0 Å². The standard InChI is InChI=1S/C26H47NO6/c1-5-9-10-11-12-13-14-15-16-17-18-19-20-27(21(6-2)24(28)29,22(7-3)25(30)31)23(8-4)26(32)33/h9-10,21-23H,5-8,11-20H2,1-4H3,(H2-,28,29,30,31,32,33)/b10-9+. The fraction of sp³-hybridized carbons (Fsp3) is 0.808. The molecule has 0 heterocycles. The third kappa shape index (κ3) is 9.86. The molecule has 0 bridgehead atoms. The molecule has 2 N–H and O–H groups in total. The van der Waals surface area contributed by atoms with Gasteiger partial charge in [0, 0.05) is 19.3 Å². The number of hydrogen-bond donors (Lipinski definition) is 2. The maximum Gasteiger partial charge on any atom is 0.362 e. The summed E-state index contributed by atoms with van der Waals surface area (Å²) < 4.78 is -0.470. The number of carbonyl (C=O) groups excluding carboxylic acids is 1. The van der Waals surface area contributed by atoms with Crippen LogP contribution < -0.4 is 5.11 Å². The summed E-state index contributed by atoms with van der Waals surface area (Å²) in [6, 6.07) is -3.37. The minimum Gasteiger partial charge on any atom is -0.544 e. The van der Waals surface area contributed by atoms with Crippen molar-refractivity contribution in [2.45, 2.75) is 129 Å². The lowest BCUT2D eigenvalue weighted by Gasteiger charge is -2.51. The summed E-state index contributed by atoms with van der Waals surface area (Å²) in [5, 5.41) is 31.9. The van der Waals surface area contributed by atoms with Crippen molar-refractivity contribution in [3.8, 4) is 0 Å². The molecule has 7 heteroatoms. The first-order valence-electron chi connectivity index (χ1n) is 12.9. The van der Waals surface area contributed by atoms with Crippen LogP contribution in [0.15, 0.2) is 12.2 Å². The van der Waals surface area contributed by atoms with E-state index in [1.54, 1.807) is 20.8 Å². The Bertz CT molecular complexity index is 549. The number of quaternary nitrogens is 1. The predicted molar refractivity (Wildman–Crippen MR) is 129 cm³/mol. The van der Waals surface area contributed by atoms with Crippen molar-refractivity contribution in [3.63, 3.8) is 0 Å². The van der Waals surface area contributed by atoms with Crippen LogP contribution in [0, 0.1) is 0 Å². The molecule has 0 radical (unpaired) electrons. The number of nitrogens with zero attached hydrogens (tertiary/aromatic N) is 1. The van der Waals surface area contributed by atoms with E-state index >= 15 is 0 Å². The highest BCUT2D eigenvalue weighted by Crippen LogP contribution is 2.32. The number of carboxylic acids is 3. The topological polar surface area (TPSA) is 115 Å². The summed E-state index contributed by atoms with van der Waals surface area (Å²) in [6.07, 6.45) is 15.3. The first-order valence-corrected chi connectivity index (χ1v) is 12.9. The van der Waals surface area contributed by atoms with Crippen LogP contribution >= 0.6 is 0 Å². The van der Waals surface area contributed by atoms with Crippen LogP contribution in [-0.4, -0.2) is 57.3 Å². The summed E-state index contributed by atoms with van der Waals surface area (Å²) in [5.41, 5.74) is 0. The van der Waals surface area contributed by atoms with E-state index in [-0.39, 0.29) is 25.8 Å². The third-order valence-corrected chi connectivity index (χ3v) is 6.81. The molecule has 0 rings (SSSR count). The summed E-state index contributed by atoms with van der Waals surface area (Å²) in [5.74, 6) is -3.66. The highest BCUT2D eigenvalue weighted by molar-refractivity contribution is 5.77. The van der Waals surface area contributed by atoms with Crippen LogP contribution in [0.1, 0.15) is 111 Å². The van der Waals surface area contributed by atoms with Crippen LogP contribution in [0.25, 0.3) is 0 Å². The van der Waals surface area contributed by atoms with E-state index in [1.807, 2.05) is 0 Å². The summed E-state index contributed by atoms with van der Waals surface area (Å²) in [4.78, 5) is 36.4. The second-order valence-electron chi connectivity index (χ2n) is 8.98. The Labute approximate surface area is 200 Å². The van der Waals surface area contributed by atoms with Crippen molar-refractivity contribution in [2.75, 3.05) is 6.54 Å². The predicted octanol–water partition coefficient (Wildman–Crippen LogP) is 4.54. The number of unbranched alkanes of at least 4 members (excludes halogenated alkanes) is 8. The highest BCUT2D eigenvalue weighted by atomic mass is 16.4. The van der Waals surface area contributed by atoms with Gasteiger partial charge in [-0.05, 0) is 32.1 Å². The first-order chi connectivity index (χ1) is 15.7. The molecule has 0 aliphatic rings. The Morgan fingerprint density at radius 3 is 1.48 bits per heavy atom.